The smallest absolute Gasteiger partial charge is 0.138 e. The number of methoxy groups -OCH3 is 1. The van der Waals surface area contributed by atoms with E-state index in [0.29, 0.717) is 5.56 Å². The third kappa shape index (κ3) is 5.54. The fourth-order valence-corrected chi connectivity index (χ4v) is 2.27. The summed E-state index contributed by atoms with van der Waals surface area (Å²) in [4.78, 5) is 0. The maximum absolute atomic E-state index is 13.4. The zero-order valence-corrected chi connectivity index (χ0v) is 11.2. The molecule has 18 heavy (non-hydrogen) atoms. The number of hydrogen-bond acceptors (Lipinski definition) is 3. The van der Waals surface area contributed by atoms with Crippen molar-refractivity contribution in [3.05, 3.63) is 35.1 Å². The molecule has 98 valence electrons. The number of benzene rings is 1. The van der Waals surface area contributed by atoms with E-state index in [4.69, 9.17) is 9.84 Å². The fourth-order valence-electron chi connectivity index (χ4n) is 1.39. The van der Waals surface area contributed by atoms with Gasteiger partial charge < -0.3 is 9.84 Å². The van der Waals surface area contributed by atoms with Crippen molar-refractivity contribution in [3.63, 3.8) is 0 Å². The molecule has 4 heteroatoms. The predicted octanol–water partition coefficient (Wildman–Crippen LogP) is 2.44. The molecule has 0 saturated heterocycles. The van der Waals surface area contributed by atoms with Crippen molar-refractivity contribution < 1.29 is 14.2 Å². The molecule has 0 aliphatic rings. The van der Waals surface area contributed by atoms with Crippen molar-refractivity contribution in [2.45, 2.75) is 12.2 Å². The Morgan fingerprint density at radius 1 is 1.44 bits per heavy atom. The SMILES string of the molecule is COCCCSCc1ccc(F)c(C#CCO)c1. The fraction of sp³-hybridized carbons (Fsp3) is 0.429. The molecule has 1 aromatic rings. The normalized spacial score (nSPS) is 9.94. The van der Waals surface area contributed by atoms with Gasteiger partial charge in [0.25, 0.3) is 0 Å². The summed E-state index contributed by atoms with van der Waals surface area (Å²) in [5, 5.41) is 8.60. The lowest BCUT2D eigenvalue weighted by Gasteiger charge is -2.03. The van der Waals surface area contributed by atoms with Gasteiger partial charge >= 0.3 is 0 Å². The molecule has 0 unspecified atom stereocenters. The minimum atomic E-state index is -0.343. The van der Waals surface area contributed by atoms with Crippen molar-refractivity contribution in [3.8, 4) is 11.8 Å². The summed E-state index contributed by atoms with van der Waals surface area (Å²) in [5.41, 5.74) is 1.39. The van der Waals surface area contributed by atoms with Gasteiger partial charge in [0, 0.05) is 19.5 Å². The van der Waals surface area contributed by atoms with E-state index in [2.05, 4.69) is 11.8 Å². The standard InChI is InChI=1S/C14H17FO2S/c1-17-8-3-9-18-11-12-5-6-14(15)13(10-12)4-2-7-16/h5-6,10,16H,3,7-9,11H2,1H3. The lowest BCUT2D eigenvalue weighted by molar-refractivity contribution is 0.200. The number of halogens is 1. The average Bonchev–Trinajstić information content (AvgIpc) is 2.39. The second kappa shape index (κ2) is 8.98. The molecule has 2 nitrogen and oxygen atoms in total. The number of rotatable bonds is 6. The highest BCUT2D eigenvalue weighted by Crippen LogP contribution is 2.16. The van der Waals surface area contributed by atoms with E-state index in [1.165, 1.54) is 6.07 Å². The molecule has 0 bridgehead atoms. The minimum absolute atomic E-state index is 0.255. The van der Waals surface area contributed by atoms with Crippen molar-refractivity contribution in [2.24, 2.45) is 0 Å². The van der Waals surface area contributed by atoms with E-state index in [-0.39, 0.29) is 12.4 Å². The van der Waals surface area contributed by atoms with Crippen LogP contribution < -0.4 is 0 Å². The third-order valence-corrected chi connectivity index (χ3v) is 3.35. The van der Waals surface area contributed by atoms with Gasteiger partial charge in [0.2, 0.25) is 0 Å². The van der Waals surface area contributed by atoms with Crippen molar-refractivity contribution >= 4 is 11.8 Å². The van der Waals surface area contributed by atoms with Crippen molar-refractivity contribution in [1.82, 2.24) is 0 Å². The van der Waals surface area contributed by atoms with E-state index in [0.717, 1.165) is 30.1 Å². The van der Waals surface area contributed by atoms with Gasteiger partial charge in [-0.25, -0.2) is 4.39 Å². The highest BCUT2D eigenvalue weighted by Gasteiger charge is 2.01. The third-order valence-electron chi connectivity index (χ3n) is 2.24. The molecule has 0 saturated carbocycles. The Hall–Kier alpha value is -1.02. The number of aliphatic hydroxyl groups is 1. The largest absolute Gasteiger partial charge is 0.385 e. The van der Waals surface area contributed by atoms with Crippen LogP contribution in [0.5, 0.6) is 0 Å². The van der Waals surface area contributed by atoms with Gasteiger partial charge in [0.05, 0.1) is 5.56 Å². The molecule has 1 N–H and O–H groups in total. The lowest BCUT2D eigenvalue weighted by atomic mass is 10.1. The van der Waals surface area contributed by atoms with Gasteiger partial charge in [-0.2, -0.15) is 11.8 Å². The van der Waals surface area contributed by atoms with Crippen LogP contribution in [0.4, 0.5) is 4.39 Å². The van der Waals surface area contributed by atoms with Crippen LogP contribution >= 0.6 is 11.8 Å². The average molecular weight is 268 g/mol. The topological polar surface area (TPSA) is 29.5 Å². The van der Waals surface area contributed by atoms with Crippen molar-refractivity contribution in [2.75, 3.05) is 26.1 Å². The van der Waals surface area contributed by atoms with Crippen LogP contribution in [0.25, 0.3) is 0 Å². The maximum atomic E-state index is 13.4. The van der Waals surface area contributed by atoms with E-state index >= 15 is 0 Å². The van der Waals surface area contributed by atoms with Crippen LogP contribution in [0, 0.1) is 17.7 Å². The predicted molar refractivity (Wildman–Crippen MR) is 73.0 cm³/mol. The molecule has 0 fully saturated rings. The van der Waals surface area contributed by atoms with Crippen LogP contribution in [0.1, 0.15) is 17.5 Å². The summed E-state index contributed by atoms with van der Waals surface area (Å²) >= 11 is 1.78. The van der Waals surface area contributed by atoms with Crippen LogP contribution in [0.3, 0.4) is 0 Å². The number of ether oxygens (including phenoxy) is 1. The zero-order valence-electron chi connectivity index (χ0n) is 10.4. The van der Waals surface area contributed by atoms with Crippen LogP contribution in [-0.2, 0) is 10.5 Å². The Balaban J connectivity index is 2.51. The summed E-state index contributed by atoms with van der Waals surface area (Å²) in [5.74, 6) is 6.57. The van der Waals surface area contributed by atoms with Gasteiger partial charge in [0.15, 0.2) is 0 Å². The maximum Gasteiger partial charge on any atom is 0.138 e. The Morgan fingerprint density at radius 3 is 3.00 bits per heavy atom. The Morgan fingerprint density at radius 2 is 2.28 bits per heavy atom. The highest BCUT2D eigenvalue weighted by molar-refractivity contribution is 7.98. The molecule has 0 amide bonds. The van der Waals surface area contributed by atoms with Gasteiger partial charge in [-0.05, 0) is 29.9 Å². The van der Waals surface area contributed by atoms with Gasteiger partial charge in [-0.15, -0.1) is 0 Å². The first-order valence-electron chi connectivity index (χ1n) is 5.72. The molecule has 1 aromatic carbocycles. The molecular weight excluding hydrogens is 251 g/mol. The summed E-state index contributed by atoms with van der Waals surface area (Å²) in [7, 11) is 1.69. The van der Waals surface area contributed by atoms with Crippen LogP contribution in [-0.4, -0.2) is 31.2 Å². The van der Waals surface area contributed by atoms with Gasteiger partial charge in [-0.1, -0.05) is 17.9 Å². The molecule has 0 spiro atoms. The first-order chi connectivity index (χ1) is 8.77. The van der Waals surface area contributed by atoms with E-state index in [9.17, 15) is 4.39 Å². The first kappa shape index (κ1) is 15.0. The summed E-state index contributed by atoms with van der Waals surface area (Å²) in [6.07, 6.45) is 1.01. The molecule has 1 rings (SSSR count). The second-order valence-corrected chi connectivity index (χ2v) is 4.78. The van der Waals surface area contributed by atoms with E-state index in [1.54, 1.807) is 31.0 Å². The Bertz CT molecular complexity index is 424. The highest BCUT2D eigenvalue weighted by atomic mass is 32.2. The van der Waals surface area contributed by atoms with Crippen molar-refractivity contribution in [1.29, 1.82) is 0 Å². The van der Waals surface area contributed by atoms with Crippen LogP contribution in [0.2, 0.25) is 0 Å². The quantitative estimate of drug-likeness (QED) is 0.635. The molecule has 0 aliphatic heterocycles. The van der Waals surface area contributed by atoms with Gasteiger partial charge in [-0.3, -0.25) is 0 Å². The Kier molecular flexibility index (Phi) is 7.51. The first-order valence-corrected chi connectivity index (χ1v) is 6.88. The molecule has 0 atom stereocenters. The lowest BCUT2D eigenvalue weighted by Crippen LogP contribution is -1.92. The number of aliphatic hydroxyl groups excluding tert-OH is 1. The van der Waals surface area contributed by atoms with E-state index < -0.39 is 0 Å². The molecular formula is C14H17FO2S. The summed E-state index contributed by atoms with van der Waals surface area (Å²) in [6.45, 7) is 0.513. The molecule has 0 aromatic heterocycles. The Labute approximate surface area is 112 Å². The van der Waals surface area contributed by atoms with Gasteiger partial charge in [0.1, 0.15) is 12.4 Å². The van der Waals surface area contributed by atoms with Crippen LogP contribution in [0.15, 0.2) is 18.2 Å². The zero-order chi connectivity index (χ0) is 13.2. The minimum Gasteiger partial charge on any atom is -0.385 e. The van der Waals surface area contributed by atoms with E-state index in [1.807, 2.05) is 0 Å². The molecule has 0 aliphatic carbocycles. The number of thioether (sulfide) groups is 1. The molecule has 0 radical (unpaired) electrons. The monoisotopic (exact) mass is 268 g/mol. The summed E-state index contributed by atoms with van der Waals surface area (Å²) < 4.78 is 18.3. The number of hydrogen-bond donors (Lipinski definition) is 1. The second-order valence-electron chi connectivity index (χ2n) is 3.67. The summed E-state index contributed by atoms with van der Waals surface area (Å²) in [6, 6.07) is 4.93. The molecule has 0 heterocycles.